The molecule has 1 aromatic rings. The molecule has 80 valence electrons. The van der Waals surface area contributed by atoms with Crippen LogP contribution in [-0.4, -0.2) is 20.3 Å². The third-order valence-corrected chi connectivity index (χ3v) is 1.76. The van der Waals surface area contributed by atoms with Gasteiger partial charge in [0.05, 0.1) is 17.9 Å². The molecule has 0 radical (unpaired) electrons. The Labute approximate surface area is 87.0 Å². The summed E-state index contributed by atoms with van der Waals surface area (Å²) in [5.74, 6) is -0.348. The number of ether oxygens (including phenoxy) is 2. The van der Waals surface area contributed by atoms with E-state index in [1.165, 1.54) is 13.2 Å². The van der Waals surface area contributed by atoms with E-state index in [1.807, 2.05) is 6.07 Å². The van der Waals surface area contributed by atoms with E-state index in [2.05, 4.69) is 0 Å². The Bertz CT molecular complexity index is 388. The van der Waals surface area contributed by atoms with Crippen LogP contribution in [0.4, 0.5) is 10.1 Å². The zero-order valence-corrected chi connectivity index (χ0v) is 8.29. The molecule has 0 aromatic heterocycles. The first kappa shape index (κ1) is 11.3. The first-order valence-electron chi connectivity index (χ1n) is 4.30. The van der Waals surface area contributed by atoms with E-state index in [-0.39, 0.29) is 23.6 Å². The van der Waals surface area contributed by atoms with Gasteiger partial charge >= 0.3 is 0 Å². The van der Waals surface area contributed by atoms with Crippen molar-refractivity contribution in [1.82, 2.24) is 0 Å². The van der Waals surface area contributed by atoms with Crippen LogP contribution in [0.1, 0.15) is 5.56 Å². The van der Waals surface area contributed by atoms with Gasteiger partial charge in [0.2, 0.25) is 0 Å². The van der Waals surface area contributed by atoms with Gasteiger partial charge in [-0.1, -0.05) is 0 Å². The van der Waals surface area contributed by atoms with Crippen LogP contribution >= 0.6 is 0 Å². The summed E-state index contributed by atoms with van der Waals surface area (Å²) in [6, 6.07) is 4.18. The van der Waals surface area contributed by atoms with Crippen molar-refractivity contribution in [3.8, 4) is 11.8 Å². The van der Waals surface area contributed by atoms with Gasteiger partial charge in [0.25, 0.3) is 0 Å². The van der Waals surface area contributed by atoms with Gasteiger partial charge in [-0.3, -0.25) is 0 Å². The third-order valence-electron chi connectivity index (χ3n) is 1.76. The summed E-state index contributed by atoms with van der Waals surface area (Å²) < 4.78 is 23.0. The number of hydrogen-bond acceptors (Lipinski definition) is 4. The molecule has 0 bridgehead atoms. The highest BCUT2D eigenvalue weighted by molar-refractivity contribution is 5.54. The minimum Gasteiger partial charge on any atom is -0.490 e. The Morgan fingerprint density at radius 3 is 2.80 bits per heavy atom. The first-order chi connectivity index (χ1) is 7.19. The van der Waals surface area contributed by atoms with Crippen LogP contribution in [0.25, 0.3) is 0 Å². The van der Waals surface area contributed by atoms with E-state index in [9.17, 15) is 4.39 Å². The second kappa shape index (κ2) is 5.17. The zero-order chi connectivity index (χ0) is 11.3. The zero-order valence-electron chi connectivity index (χ0n) is 8.29. The maximum absolute atomic E-state index is 13.0. The predicted molar refractivity (Wildman–Crippen MR) is 52.9 cm³/mol. The fraction of sp³-hybridized carbons (Fsp3) is 0.300. The van der Waals surface area contributed by atoms with Crippen molar-refractivity contribution >= 4 is 5.69 Å². The molecule has 0 aliphatic carbocycles. The van der Waals surface area contributed by atoms with Crippen LogP contribution in [0.15, 0.2) is 12.1 Å². The molecule has 0 fully saturated rings. The molecule has 1 rings (SSSR count). The number of nitrogens with two attached hydrogens (primary N) is 1. The van der Waals surface area contributed by atoms with E-state index < -0.39 is 5.82 Å². The SMILES string of the molecule is COCCOc1cc(N)c(F)cc1C#N. The molecule has 15 heavy (non-hydrogen) atoms. The lowest BCUT2D eigenvalue weighted by atomic mass is 10.2. The van der Waals surface area contributed by atoms with E-state index in [0.29, 0.717) is 6.61 Å². The van der Waals surface area contributed by atoms with Gasteiger partial charge in [-0.2, -0.15) is 5.26 Å². The van der Waals surface area contributed by atoms with Crippen molar-refractivity contribution in [2.45, 2.75) is 0 Å². The summed E-state index contributed by atoms with van der Waals surface area (Å²) in [6.45, 7) is 0.679. The third kappa shape index (κ3) is 2.82. The number of rotatable bonds is 4. The highest BCUT2D eigenvalue weighted by atomic mass is 19.1. The second-order valence-electron chi connectivity index (χ2n) is 2.82. The minimum absolute atomic E-state index is 0.0404. The van der Waals surface area contributed by atoms with Crippen molar-refractivity contribution in [3.63, 3.8) is 0 Å². The van der Waals surface area contributed by atoms with Crippen molar-refractivity contribution in [1.29, 1.82) is 5.26 Å². The summed E-state index contributed by atoms with van der Waals surface area (Å²) in [5, 5.41) is 8.72. The molecule has 0 amide bonds. The lowest BCUT2D eigenvalue weighted by molar-refractivity contribution is 0.146. The maximum Gasteiger partial charge on any atom is 0.147 e. The maximum atomic E-state index is 13.0. The van der Waals surface area contributed by atoms with Crippen LogP contribution in [0.3, 0.4) is 0 Å². The van der Waals surface area contributed by atoms with Gasteiger partial charge < -0.3 is 15.2 Å². The number of methoxy groups -OCH3 is 1. The molecular formula is C10H11FN2O2. The van der Waals surface area contributed by atoms with E-state index in [0.717, 1.165) is 6.07 Å². The molecule has 0 aliphatic rings. The molecule has 0 spiro atoms. The van der Waals surface area contributed by atoms with Gasteiger partial charge in [-0.25, -0.2) is 4.39 Å². The molecule has 0 unspecified atom stereocenters. The highest BCUT2D eigenvalue weighted by Crippen LogP contribution is 2.23. The van der Waals surface area contributed by atoms with E-state index in [4.69, 9.17) is 20.5 Å². The summed E-state index contributed by atoms with van der Waals surface area (Å²) >= 11 is 0. The molecule has 0 heterocycles. The fourth-order valence-electron chi connectivity index (χ4n) is 1.01. The summed E-state index contributed by atoms with van der Waals surface area (Å²) in [4.78, 5) is 0. The Morgan fingerprint density at radius 1 is 1.47 bits per heavy atom. The Kier molecular flexibility index (Phi) is 3.89. The van der Waals surface area contributed by atoms with Gasteiger partial charge in [-0.05, 0) is 6.07 Å². The summed E-state index contributed by atoms with van der Waals surface area (Å²) in [5.41, 5.74) is 5.44. The number of nitrogens with zero attached hydrogens (tertiary/aromatic N) is 1. The Morgan fingerprint density at radius 2 is 2.20 bits per heavy atom. The smallest absolute Gasteiger partial charge is 0.147 e. The van der Waals surface area contributed by atoms with Crippen molar-refractivity contribution in [2.24, 2.45) is 0 Å². The quantitative estimate of drug-likeness (QED) is 0.600. The lowest BCUT2D eigenvalue weighted by Crippen LogP contribution is -2.06. The summed E-state index contributed by atoms with van der Waals surface area (Å²) in [6.07, 6.45) is 0. The number of halogens is 1. The lowest BCUT2D eigenvalue weighted by Gasteiger charge is -2.08. The minimum atomic E-state index is -0.620. The Hall–Kier alpha value is -1.80. The fourth-order valence-corrected chi connectivity index (χ4v) is 1.01. The van der Waals surface area contributed by atoms with Crippen molar-refractivity contribution in [2.75, 3.05) is 26.1 Å². The Balaban J connectivity index is 2.86. The van der Waals surface area contributed by atoms with Gasteiger partial charge in [-0.15, -0.1) is 0 Å². The number of benzene rings is 1. The monoisotopic (exact) mass is 210 g/mol. The largest absolute Gasteiger partial charge is 0.490 e. The van der Waals surface area contributed by atoms with Gasteiger partial charge in [0.1, 0.15) is 24.2 Å². The molecule has 2 N–H and O–H groups in total. The normalized spacial score (nSPS) is 9.67. The van der Waals surface area contributed by atoms with E-state index in [1.54, 1.807) is 0 Å². The van der Waals surface area contributed by atoms with Crippen LogP contribution in [0.2, 0.25) is 0 Å². The number of hydrogen-bond donors (Lipinski definition) is 1. The average Bonchev–Trinajstić information content (AvgIpc) is 2.23. The molecule has 0 saturated carbocycles. The average molecular weight is 210 g/mol. The molecule has 0 saturated heterocycles. The molecule has 1 aromatic carbocycles. The standard InChI is InChI=1S/C10H11FN2O2/c1-14-2-3-15-10-5-9(13)8(11)4-7(10)6-12/h4-5H,2-3,13H2,1H3. The van der Waals surface area contributed by atoms with Crippen molar-refractivity contribution in [3.05, 3.63) is 23.5 Å². The topological polar surface area (TPSA) is 68.3 Å². The van der Waals surface area contributed by atoms with Crippen LogP contribution in [0, 0.1) is 17.1 Å². The van der Waals surface area contributed by atoms with Crippen LogP contribution in [0.5, 0.6) is 5.75 Å². The highest BCUT2D eigenvalue weighted by Gasteiger charge is 2.08. The molecule has 4 nitrogen and oxygen atoms in total. The number of nitriles is 1. The molecule has 5 heteroatoms. The summed E-state index contributed by atoms with van der Waals surface area (Å²) in [7, 11) is 1.54. The van der Waals surface area contributed by atoms with Crippen molar-refractivity contribution < 1.29 is 13.9 Å². The van der Waals surface area contributed by atoms with Gasteiger partial charge in [0.15, 0.2) is 0 Å². The van der Waals surface area contributed by atoms with E-state index >= 15 is 0 Å². The number of nitrogen functional groups attached to an aromatic ring is 1. The second-order valence-corrected chi connectivity index (χ2v) is 2.82. The first-order valence-corrected chi connectivity index (χ1v) is 4.30. The molecular weight excluding hydrogens is 199 g/mol. The van der Waals surface area contributed by atoms with Gasteiger partial charge in [0, 0.05) is 13.2 Å². The van der Waals surface area contributed by atoms with Crippen LogP contribution < -0.4 is 10.5 Å². The predicted octanol–water partition coefficient (Wildman–Crippen LogP) is 1.30. The molecule has 0 atom stereocenters. The number of anilines is 1. The van der Waals surface area contributed by atoms with Crippen LogP contribution in [-0.2, 0) is 4.74 Å². The molecule has 0 aliphatic heterocycles.